The van der Waals surface area contributed by atoms with Crippen LogP contribution in [0.2, 0.25) is 10.0 Å². The van der Waals surface area contributed by atoms with Crippen LogP contribution in [0.5, 0.6) is 0 Å². The number of hydrogen-bond acceptors (Lipinski definition) is 5. The summed E-state index contributed by atoms with van der Waals surface area (Å²) in [6.45, 7) is 0. The van der Waals surface area contributed by atoms with Crippen molar-refractivity contribution in [1.82, 2.24) is 5.32 Å². The van der Waals surface area contributed by atoms with Crippen LogP contribution in [0.3, 0.4) is 0 Å². The fourth-order valence-electron chi connectivity index (χ4n) is 2.27. The molecule has 136 valence electrons. The molecule has 0 spiro atoms. The summed E-state index contributed by atoms with van der Waals surface area (Å²) >= 11 is 12.0. The first-order valence-electron chi connectivity index (χ1n) is 7.39. The van der Waals surface area contributed by atoms with E-state index in [1.807, 2.05) is 0 Å². The molecule has 2 rings (SSSR count). The lowest BCUT2D eigenvalue weighted by atomic mass is 10.0. The molecular formula is C17H14Cl2N2O5. The molecule has 1 amide bonds. The Morgan fingerprint density at radius 3 is 2.23 bits per heavy atom. The van der Waals surface area contributed by atoms with Gasteiger partial charge in [0.1, 0.15) is 6.04 Å². The van der Waals surface area contributed by atoms with Crippen molar-refractivity contribution in [2.75, 3.05) is 7.11 Å². The summed E-state index contributed by atoms with van der Waals surface area (Å²) in [5, 5.41) is 13.5. The van der Waals surface area contributed by atoms with E-state index >= 15 is 0 Å². The molecule has 2 aromatic rings. The van der Waals surface area contributed by atoms with Crippen LogP contribution in [0.25, 0.3) is 0 Å². The van der Waals surface area contributed by atoms with Gasteiger partial charge in [0.25, 0.3) is 11.6 Å². The zero-order chi connectivity index (χ0) is 19.3. The zero-order valence-corrected chi connectivity index (χ0v) is 15.1. The van der Waals surface area contributed by atoms with E-state index in [0.29, 0.717) is 5.56 Å². The van der Waals surface area contributed by atoms with Gasteiger partial charge >= 0.3 is 5.97 Å². The second-order valence-electron chi connectivity index (χ2n) is 5.27. The monoisotopic (exact) mass is 396 g/mol. The number of nitrogens with one attached hydrogen (secondary N) is 1. The highest BCUT2D eigenvalue weighted by atomic mass is 35.5. The van der Waals surface area contributed by atoms with E-state index in [0.717, 1.165) is 0 Å². The molecule has 0 heterocycles. The molecule has 0 aliphatic heterocycles. The maximum absolute atomic E-state index is 12.5. The molecule has 1 N–H and O–H groups in total. The Hall–Kier alpha value is -2.64. The maximum atomic E-state index is 12.5. The predicted molar refractivity (Wildman–Crippen MR) is 96.5 cm³/mol. The lowest BCUT2D eigenvalue weighted by molar-refractivity contribution is -0.384. The summed E-state index contributed by atoms with van der Waals surface area (Å²) in [5.41, 5.74) is 0.584. The molecule has 0 fully saturated rings. The summed E-state index contributed by atoms with van der Waals surface area (Å²) in [5.74, 6) is -1.29. The van der Waals surface area contributed by atoms with Crippen molar-refractivity contribution in [3.8, 4) is 0 Å². The van der Waals surface area contributed by atoms with Crippen molar-refractivity contribution in [2.24, 2.45) is 0 Å². The summed E-state index contributed by atoms with van der Waals surface area (Å²) in [6.07, 6.45) is 0.0818. The van der Waals surface area contributed by atoms with E-state index in [2.05, 4.69) is 5.32 Å². The van der Waals surface area contributed by atoms with E-state index in [4.69, 9.17) is 27.9 Å². The number of esters is 1. The van der Waals surface area contributed by atoms with Crippen LogP contribution in [0, 0.1) is 10.1 Å². The number of amides is 1. The molecule has 0 bridgehead atoms. The minimum Gasteiger partial charge on any atom is -0.467 e. The van der Waals surface area contributed by atoms with Crippen LogP contribution in [0.1, 0.15) is 15.9 Å². The Morgan fingerprint density at radius 2 is 1.73 bits per heavy atom. The molecule has 26 heavy (non-hydrogen) atoms. The van der Waals surface area contributed by atoms with E-state index in [-0.39, 0.29) is 27.7 Å². The third-order valence-corrected chi connectivity index (χ3v) is 4.20. The van der Waals surface area contributed by atoms with Gasteiger partial charge in [-0.2, -0.15) is 0 Å². The van der Waals surface area contributed by atoms with E-state index in [9.17, 15) is 19.7 Å². The van der Waals surface area contributed by atoms with E-state index in [1.165, 1.54) is 43.5 Å². The van der Waals surface area contributed by atoms with Crippen molar-refractivity contribution in [3.63, 3.8) is 0 Å². The largest absolute Gasteiger partial charge is 0.467 e. The van der Waals surface area contributed by atoms with Gasteiger partial charge in [0.05, 0.1) is 27.6 Å². The molecule has 1 unspecified atom stereocenters. The smallest absolute Gasteiger partial charge is 0.328 e. The predicted octanol–water partition coefficient (Wildman–Crippen LogP) is 3.42. The van der Waals surface area contributed by atoms with E-state index in [1.54, 1.807) is 6.07 Å². The van der Waals surface area contributed by atoms with Gasteiger partial charge < -0.3 is 10.1 Å². The first kappa shape index (κ1) is 19.7. The number of carbonyl (C=O) groups is 2. The molecule has 0 saturated carbocycles. The number of non-ortho nitro benzene ring substituents is 1. The van der Waals surface area contributed by atoms with Crippen molar-refractivity contribution < 1.29 is 19.2 Å². The summed E-state index contributed by atoms with van der Waals surface area (Å²) in [6, 6.07) is 9.23. The molecule has 1 atom stereocenters. The topological polar surface area (TPSA) is 98.5 Å². The quantitative estimate of drug-likeness (QED) is 0.458. The SMILES string of the molecule is COC(=O)C(Cc1ccc([N+](=O)[O-])cc1)NC(=O)c1c(Cl)cccc1Cl. The number of nitrogens with zero attached hydrogens (tertiary/aromatic N) is 1. The number of nitro benzene ring substituents is 1. The standard InChI is InChI=1S/C17H14Cl2N2O5/c1-26-17(23)14(9-10-5-7-11(8-6-10)21(24)25)20-16(22)15-12(18)3-2-4-13(15)19/h2-8,14H,9H2,1H3,(H,20,22). The number of hydrogen-bond donors (Lipinski definition) is 1. The Bertz CT molecular complexity index is 819. The normalized spacial score (nSPS) is 11.5. The van der Waals surface area contributed by atoms with Crippen LogP contribution in [-0.2, 0) is 16.0 Å². The van der Waals surface area contributed by atoms with Crippen LogP contribution in [0.15, 0.2) is 42.5 Å². The average Bonchev–Trinajstić information content (AvgIpc) is 2.60. The van der Waals surface area contributed by atoms with Crippen molar-refractivity contribution in [1.29, 1.82) is 0 Å². The van der Waals surface area contributed by atoms with Gasteiger partial charge in [0, 0.05) is 18.6 Å². The van der Waals surface area contributed by atoms with Crippen molar-refractivity contribution >= 4 is 40.8 Å². The second-order valence-corrected chi connectivity index (χ2v) is 6.09. The Labute approximate surface area is 159 Å². The first-order chi connectivity index (χ1) is 12.3. The molecule has 0 saturated heterocycles. The Morgan fingerprint density at radius 1 is 1.15 bits per heavy atom. The van der Waals surface area contributed by atoms with Gasteiger partial charge in [-0.3, -0.25) is 14.9 Å². The van der Waals surface area contributed by atoms with Gasteiger partial charge in [0.2, 0.25) is 0 Å². The van der Waals surface area contributed by atoms with Crippen LogP contribution in [0.4, 0.5) is 5.69 Å². The molecule has 0 aromatic heterocycles. The van der Waals surface area contributed by atoms with Gasteiger partial charge in [0.15, 0.2) is 0 Å². The number of benzene rings is 2. The van der Waals surface area contributed by atoms with Gasteiger partial charge in [-0.05, 0) is 17.7 Å². The fourth-order valence-corrected chi connectivity index (χ4v) is 2.84. The number of ether oxygens (including phenoxy) is 1. The molecule has 0 aliphatic rings. The Kier molecular flexibility index (Phi) is 6.54. The van der Waals surface area contributed by atoms with Crippen LogP contribution in [-0.4, -0.2) is 30.0 Å². The van der Waals surface area contributed by atoms with Gasteiger partial charge in [-0.15, -0.1) is 0 Å². The molecular weight excluding hydrogens is 383 g/mol. The Balaban J connectivity index is 2.21. The first-order valence-corrected chi connectivity index (χ1v) is 8.15. The van der Waals surface area contributed by atoms with Crippen LogP contribution >= 0.6 is 23.2 Å². The fraction of sp³-hybridized carbons (Fsp3) is 0.176. The minimum absolute atomic E-state index is 0.0495. The number of carbonyl (C=O) groups excluding carboxylic acids is 2. The van der Waals surface area contributed by atoms with Gasteiger partial charge in [-0.25, -0.2) is 4.79 Å². The van der Waals surface area contributed by atoms with Crippen LogP contribution < -0.4 is 5.32 Å². The van der Waals surface area contributed by atoms with Crippen molar-refractivity contribution in [3.05, 3.63) is 73.8 Å². The number of rotatable bonds is 6. The third kappa shape index (κ3) is 4.71. The highest BCUT2D eigenvalue weighted by molar-refractivity contribution is 6.39. The molecule has 9 heteroatoms. The van der Waals surface area contributed by atoms with E-state index < -0.39 is 22.8 Å². The third-order valence-electron chi connectivity index (χ3n) is 3.57. The molecule has 0 radical (unpaired) electrons. The second kappa shape index (κ2) is 8.64. The molecule has 0 aliphatic carbocycles. The molecule has 2 aromatic carbocycles. The highest BCUT2D eigenvalue weighted by Crippen LogP contribution is 2.24. The molecule has 7 nitrogen and oxygen atoms in total. The lowest BCUT2D eigenvalue weighted by Crippen LogP contribution is -2.43. The maximum Gasteiger partial charge on any atom is 0.328 e. The van der Waals surface area contributed by atoms with Gasteiger partial charge in [-0.1, -0.05) is 41.4 Å². The minimum atomic E-state index is -1.01. The zero-order valence-electron chi connectivity index (χ0n) is 13.6. The van der Waals surface area contributed by atoms with Crippen molar-refractivity contribution in [2.45, 2.75) is 12.5 Å². The number of halogens is 2. The summed E-state index contributed by atoms with van der Waals surface area (Å²) in [7, 11) is 1.19. The number of methoxy groups -OCH3 is 1. The lowest BCUT2D eigenvalue weighted by Gasteiger charge is -2.17. The summed E-state index contributed by atoms with van der Waals surface area (Å²) < 4.78 is 4.72. The summed E-state index contributed by atoms with van der Waals surface area (Å²) in [4.78, 5) is 34.7. The highest BCUT2D eigenvalue weighted by Gasteiger charge is 2.25. The number of nitro groups is 1. The average molecular weight is 397 g/mol.